The number of phenolic OH excluding ortho intramolecular Hbond substituents is 1. The Kier molecular flexibility index (Phi) is 3.28. The molecule has 72 valence electrons. The highest BCUT2D eigenvalue weighted by molar-refractivity contribution is 5.34. The largest absolute Gasteiger partial charge is 0.508 e. The Morgan fingerprint density at radius 1 is 1.38 bits per heavy atom. The summed E-state index contributed by atoms with van der Waals surface area (Å²) in [6.45, 7) is 1.85. The van der Waals surface area contributed by atoms with Crippen molar-refractivity contribution in [3.63, 3.8) is 0 Å². The molecule has 3 nitrogen and oxygen atoms in total. The van der Waals surface area contributed by atoms with Gasteiger partial charge in [0, 0.05) is 5.56 Å². The van der Waals surface area contributed by atoms with Crippen LogP contribution in [0.1, 0.15) is 24.9 Å². The van der Waals surface area contributed by atoms with Crippen LogP contribution in [0.4, 0.5) is 0 Å². The molecule has 1 aromatic rings. The SMILES string of the molecule is CC[C@H](O)[C@H](N)c1ccccc1O. The van der Waals surface area contributed by atoms with E-state index in [0.717, 1.165) is 0 Å². The molecule has 0 spiro atoms. The number of hydrogen-bond acceptors (Lipinski definition) is 3. The molecule has 0 fully saturated rings. The van der Waals surface area contributed by atoms with Crippen molar-refractivity contribution in [3.05, 3.63) is 29.8 Å². The zero-order valence-electron chi connectivity index (χ0n) is 7.64. The van der Waals surface area contributed by atoms with E-state index in [1.165, 1.54) is 0 Å². The normalized spacial score (nSPS) is 15.3. The van der Waals surface area contributed by atoms with Gasteiger partial charge in [-0.3, -0.25) is 0 Å². The molecule has 0 saturated heterocycles. The maximum atomic E-state index is 9.47. The molecule has 0 heterocycles. The van der Waals surface area contributed by atoms with Crippen LogP contribution in [0.15, 0.2) is 24.3 Å². The Hall–Kier alpha value is -1.06. The number of nitrogens with two attached hydrogens (primary N) is 1. The molecule has 0 aliphatic heterocycles. The zero-order chi connectivity index (χ0) is 9.84. The fraction of sp³-hybridized carbons (Fsp3) is 0.400. The second-order valence-electron chi connectivity index (χ2n) is 3.06. The molecule has 0 aliphatic rings. The van der Waals surface area contributed by atoms with Crippen molar-refractivity contribution in [3.8, 4) is 5.75 Å². The lowest BCUT2D eigenvalue weighted by atomic mass is 10.00. The lowest BCUT2D eigenvalue weighted by Crippen LogP contribution is -2.25. The third-order valence-corrected chi connectivity index (χ3v) is 2.13. The number of rotatable bonds is 3. The smallest absolute Gasteiger partial charge is 0.120 e. The Morgan fingerprint density at radius 3 is 2.54 bits per heavy atom. The highest BCUT2D eigenvalue weighted by Gasteiger charge is 2.17. The molecule has 0 radical (unpaired) electrons. The van der Waals surface area contributed by atoms with Gasteiger partial charge in [0.1, 0.15) is 5.75 Å². The van der Waals surface area contributed by atoms with Gasteiger partial charge in [-0.25, -0.2) is 0 Å². The minimum absolute atomic E-state index is 0.141. The van der Waals surface area contributed by atoms with Crippen LogP contribution in [0.3, 0.4) is 0 Å². The number of hydrogen-bond donors (Lipinski definition) is 3. The van der Waals surface area contributed by atoms with Crippen molar-refractivity contribution in [1.82, 2.24) is 0 Å². The highest BCUT2D eigenvalue weighted by atomic mass is 16.3. The fourth-order valence-corrected chi connectivity index (χ4v) is 1.23. The third kappa shape index (κ3) is 2.20. The molecule has 13 heavy (non-hydrogen) atoms. The molecule has 1 aromatic carbocycles. The van der Waals surface area contributed by atoms with Crippen LogP contribution < -0.4 is 5.73 Å². The molecular weight excluding hydrogens is 166 g/mol. The van der Waals surface area contributed by atoms with E-state index in [-0.39, 0.29) is 5.75 Å². The first-order chi connectivity index (χ1) is 6.16. The molecule has 3 heteroatoms. The quantitative estimate of drug-likeness (QED) is 0.655. The summed E-state index contributed by atoms with van der Waals surface area (Å²) in [5.74, 6) is 0.141. The molecule has 2 atom stereocenters. The number of phenols is 1. The van der Waals surface area contributed by atoms with Crippen LogP contribution in [-0.2, 0) is 0 Å². The van der Waals surface area contributed by atoms with E-state index >= 15 is 0 Å². The summed E-state index contributed by atoms with van der Waals surface area (Å²) in [5.41, 5.74) is 6.33. The van der Waals surface area contributed by atoms with Crippen molar-refractivity contribution in [2.75, 3.05) is 0 Å². The Bertz CT molecular complexity index is 275. The first kappa shape index (κ1) is 10.0. The molecule has 0 bridgehead atoms. The number of aromatic hydroxyl groups is 1. The van der Waals surface area contributed by atoms with Gasteiger partial charge in [-0.2, -0.15) is 0 Å². The summed E-state index contributed by atoms with van der Waals surface area (Å²) >= 11 is 0. The minimum atomic E-state index is -0.603. The number of para-hydroxylation sites is 1. The summed E-state index contributed by atoms with van der Waals surface area (Å²) < 4.78 is 0. The predicted molar refractivity (Wildman–Crippen MR) is 51.3 cm³/mol. The van der Waals surface area contributed by atoms with Crippen molar-refractivity contribution in [2.24, 2.45) is 5.73 Å². The van der Waals surface area contributed by atoms with E-state index in [1.807, 2.05) is 6.92 Å². The second-order valence-corrected chi connectivity index (χ2v) is 3.06. The van der Waals surface area contributed by atoms with Crippen LogP contribution >= 0.6 is 0 Å². The van der Waals surface area contributed by atoms with Crippen LogP contribution in [0.25, 0.3) is 0 Å². The highest BCUT2D eigenvalue weighted by Crippen LogP contribution is 2.24. The van der Waals surface area contributed by atoms with E-state index in [0.29, 0.717) is 12.0 Å². The van der Waals surface area contributed by atoms with Gasteiger partial charge in [0.15, 0.2) is 0 Å². The minimum Gasteiger partial charge on any atom is -0.508 e. The molecule has 4 N–H and O–H groups in total. The average Bonchev–Trinajstić information content (AvgIpc) is 2.16. The topological polar surface area (TPSA) is 66.5 Å². The van der Waals surface area contributed by atoms with Gasteiger partial charge in [-0.1, -0.05) is 25.1 Å². The maximum Gasteiger partial charge on any atom is 0.120 e. The van der Waals surface area contributed by atoms with Gasteiger partial charge in [0.05, 0.1) is 12.1 Å². The summed E-state index contributed by atoms with van der Waals surface area (Å²) in [5, 5.41) is 18.9. The number of aliphatic hydroxyl groups excluding tert-OH is 1. The molecule has 0 aromatic heterocycles. The van der Waals surface area contributed by atoms with Gasteiger partial charge in [0.2, 0.25) is 0 Å². The van der Waals surface area contributed by atoms with Gasteiger partial charge in [0.25, 0.3) is 0 Å². The lowest BCUT2D eigenvalue weighted by Gasteiger charge is -2.18. The van der Waals surface area contributed by atoms with Crippen LogP contribution in [0, 0.1) is 0 Å². The van der Waals surface area contributed by atoms with E-state index in [2.05, 4.69) is 0 Å². The number of aliphatic hydroxyl groups is 1. The molecule has 0 aliphatic carbocycles. The van der Waals surface area contributed by atoms with Crippen LogP contribution in [-0.4, -0.2) is 16.3 Å². The Morgan fingerprint density at radius 2 is 2.00 bits per heavy atom. The van der Waals surface area contributed by atoms with E-state index in [4.69, 9.17) is 5.73 Å². The van der Waals surface area contributed by atoms with E-state index in [9.17, 15) is 10.2 Å². The standard InChI is InChI=1S/C10H15NO2/c1-2-8(12)10(11)7-5-3-4-6-9(7)13/h3-6,8,10,12-13H,2,11H2,1H3/t8-,10+/m0/s1. The Labute approximate surface area is 77.8 Å². The monoisotopic (exact) mass is 181 g/mol. The molecule has 1 rings (SSSR count). The predicted octanol–water partition coefficient (Wildman–Crippen LogP) is 1.16. The van der Waals surface area contributed by atoms with Crippen molar-refractivity contribution >= 4 is 0 Å². The van der Waals surface area contributed by atoms with Gasteiger partial charge in [-0.15, -0.1) is 0 Å². The maximum absolute atomic E-state index is 9.47. The van der Waals surface area contributed by atoms with Crippen LogP contribution in [0.2, 0.25) is 0 Å². The summed E-state index contributed by atoms with van der Waals surface area (Å²) in [4.78, 5) is 0. The van der Waals surface area contributed by atoms with Crippen molar-refractivity contribution < 1.29 is 10.2 Å². The van der Waals surface area contributed by atoms with Crippen molar-refractivity contribution in [1.29, 1.82) is 0 Å². The molecule has 0 unspecified atom stereocenters. The van der Waals surface area contributed by atoms with Gasteiger partial charge in [-0.05, 0) is 12.5 Å². The zero-order valence-corrected chi connectivity index (χ0v) is 7.64. The third-order valence-electron chi connectivity index (χ3n) is 2.13. The molecular formula is C10H15NO2. The second kappa shape index (κ2) is 4.25. The van der Waals surface area contributed by atoms with Gasteiger partial charge < -0.3 is 15.9 Å². The van der Waals surface area contributed by atoms with Crippen LogP contribution in [0.5, 0.6) is 5.75 Å². The van der Waals surface area contributed by atoms with E-state index in [1.54, 1.807) is 24.3 Å². The first-order valence-electron chi connectivity index (χ1n) is 4.38. The van der Waals surface area contributed by atoms with Crippen molar-refractivity contribution in [2.45, 2.75) is 25.5 Å². The summed E-state index contributed by atoms with van der Waals surface area (Å²) in [6, 6.07) is 6.30. The van der Waals surface area contributed by atoms with E-state index < -0.39 is 12.1 Å². The first-order valence-corrected chi connectivity index (χ1v) is 4.38. The molecule has 0 saturated carbocycles. The lowest BCUT2D eigenvalue weighted by molar-refractivity contribution is 0.139. The fourth-order valence-electron chi connectivity index (χ4n) is 1.23. The number of benzene rings is 1. The molecule has 0 amide bonds. The summed E-state index contributed by atoms with van der Waals surface area (Å²) in [6.07, 6.45) is -0.0246. The Balaban J connectivity index is 2.88. The average molecular weight is 181 g/mol. The summed E-state index contributed by atoms with van der Waals surface area (Å²) in [7, 11) is 0. The van der Waals surface area contributed by atoms with Gasteiger partial charge >= 0.3 is 0 Å².